The zero-order valence-corrected chi connectivity index (χ0v) is 19.1. The van der Waals surface area contributed by atoms with E-state index >= 15 is 0 Å². The molecule has 0 unspecified atom stereocenters. The number of amides is 1. The first-order valence-electron chi connectivity index (χ1n) is 11.1. The number of carbonyl (C=O) groups excluding carboxylic acids is 1. The minimum atomic E-state index is -4.65. The van der Waals surface area contributed by atoms with Gasteiger partial charge in [-0.3, -0.25) is 4.79 Å². The number of hydrogen-bond donors (Lipinski definition) is 3. The molecule has 1 aliphatic heterocycles. The van der Waals surface area contributed by atoms with Crippen molar-refractivity contribution in [2.24, 2.45) is 5.73 Å². The van der Waals surface area contributed by atoms with Crippen molar-refractivity contribution in [3.8, 4) is 5.88 Å². The zero-order chi connectivity index (χ0) is 24.7. The molecule has 1 saturated carbocycles. The fourth-order valence-corrected chi connectivity index (χ4v) is 3.70. The molecule has 2 aliphatic rings. The van der Waals surface area contributed by atoms with E-state index in [9.17, 15) is 23.1 Å². The number of rotatable bonds is 7. The molecule has 34 heavy (non-hydrogen) atoms. The smallest absolute Gasteiger partial charge is 0.423 e. The van der Waals surface area contributed by atoms with Gasteiger partial charge in [0.15, 0.2) is 0 Å². The average Bonchev–Trinajstić information content (AvgIpc) is 3.47. The number of ether oxygens (including phenoxy) is 1. The highest BCUT2D eigenvalue weighted by Gasteiger charge is 2.41. The third-order valence-electron chi connectivity index (χ3n) is 5.86. The summed E-state index contributed by atoms with van der Waals surface area (Å²) in [6.07, 6.45) is -1.90. The van der Waals surface area contributed by atoms with Gasteiger partial charge in [0.25, 0.3) is 0 Å². The lowest BCUT2D eigenvalue weighted by Crippen LogP contribution is -2.39. The van der Waals surface area contributed by atoms with Crippen LogP contribution in [0.15, 0.2) is 24.4 Å². The SMILES string of the molecule is CC(C)(O)CC(=O)N1CCc2cc(Nc3ncc(C(F)(F)F)c(OCC4(N)CC4)n3)ccc2C1. The first kappa shape index (κ1) is 24.2. The van der Waals surface area contributed by atoms with Gasteiger partial charge in [-0.15, -0.1) is 0 Å². The molecule has 0 bridgehead atoms. The van der Waals surface area contributed by atoms with E-state index in [0.29, 0.717) is 44.2 Å². The summed E-state index contributed by atoms with van der Waals surface area (Å²) in [5, 5.41) is 12.8. The minimum absolute atomic E-state index is 0.0254. The third-order valence-corrected chi connectivity index (χ3v) is 5.86. The second kappa shape index (κ2) is 8.70. The van der Waals surface area contributed by atoms with Crippen LogP contribution in [0.4, 0.5) is 24.8 Å². The number of nitrogens with one attached hydrogen (secondary N) is 1. The Labute approximate surface area is 195 Å². The van der Waals surface area contributed by atoms with Gasteiger partial charge in [-0.2, -0.15) is 18.2 Å². The average molecular weight is 480 g/mol. The first-order valence-corrected chi connectivity index (χ1v) is 11.1. The van der Waals surface area contributed by atoms with Crippen LogP contribution in [0.25, 0.3) is 0 Å². The van der Waals surface area contributed by atoms with Crippen molar-refractivity contribution >= 4 is 17.5 Å². The Morgan fingerprint density at radius 1 is 1.29 bits per heavy atom. The van der Waals surface area contributed by atoms with E-state index in [1.54, 1.807) is 24.8 Å². The Balaban J connectivity index is 1.47. The summed E-state index contributed by atoms with van der Waals surface area (Å²) < 4.78 is 45.4. The van der Waals surface area contributed by atoms with Gasteiger partial charge in [-0.1, -0.05) is 6.07 Å². The summed E-state index contributed by atoms with van der Waals surface area (Å²) in [5.41, 5.74) is 5.81. The third kappa shape index (κ3) is 5.95. The van der Waals surface area contributed by atoms with Gasteiger partial charge in [0, 0.05) is 25.0 Å². The summed E-state index contributed by atoms with van der Waals surface area (Å²) >= 11 is 0. The molecule has 1 aliphatic carbocycles. The van der Waals surface area contributed by atoms with Gasteiger partial charge in [0.2, 0.25) is 17.7 Å². The lowest BCUT2D eigenvalue weighted by atomic mass is 9.97. The minimum Gasteiger partial charge on any atom is -0.475 e. The van der Waals surface area contributed by atoms with Crippen molar-refractivity contribution in [2.75, 3.05) is 18.5 Å². The fraction of sp³-hybridized carbons (Fsp3) is 0.522. The molecule has 1 fully saturated rings. The van der Waals surface area contributed by atoms with E-state index in [4.69, 9.17) is 10.5 Å². The Morgan fingerprint density at radius 2 is 2.03 bits per heavy atom. The van der Waals surface area contributed by atoms with Crippen molar-refractivity contribution in [2.45, 2.75) is 63.4 Å². The van der Waals surface area contributed by atoms with Crippen molar-refractivity contribution in [3.63, 3.8) is 0 Å². The number of anilines is 2. The maximum Gasteiger partial charge on any atom is 0.423 e. The van der Waals surface area contributed by atoms with Crippen LogP contribution in [0.5, 0.6) is 5.88 Å². The standard InChI is InChI=1S/C23H28F3N5O3/c1-21(2,33)10-18(32)31-8-5-14-9-16(4-3-15(14)12-31)29-20-28-11-17(23(24,25)26)19(30-20)34-13-22(27)6-7-22/h3-4,9,11,33H,5-8,10,12-13,27H2,1-2H3,(H,28,29,30). The summed E-state index contributed by atoms with van der Waals surface area (Å²) in [4.78, 5) is 21.9. The monoisotopic (exact) mass is 479 g/mol. The molecule has 2 heterocycles. The lowest BCUT2D eigenvalue weighted by Gasteiger charge is -2.31. The Hall–Kier alpha value is -2.92. The van der Waals surface area contributed by atoms with E-state index in [0.717, 1.165) is 11.1 Å². The van der Waals surface area contributed by atoms with E-state index < -0.39 is 28.8 Å². The molecular formula is C23H28F3N5O3. The molecule has 184 valence electrons. The normalized spacial score (nSPS) is 17.2. The quantitative estimate of drug-likeness (QED) is 0.559. The van der Waals surface area contributed by atoms with Crippen molar-refractivity contribution < 1.29 is 27.8 Å². The number of hydrogen-bond acceptors (Lipinski definition) is 7. The summed E-state index contributed by atoms with van der Waals surface area (Å²) in [5.74, 6) is -0.695. The van der Waals surface area contributed by atoms with Gasteiger partial charge in [-0.25, -0.2) is 4.98 Å². The van der Waals surface area contributed by atoms with Gasteiger partial charge in [-0.05, 0) is 56.4 Å². The molecule has 1 amide bonds. The van der Waals surface area contributed by atoms with Crippen molar-refractivity contribution in [1.82, 2.24) is 14.9 Å². The number of carbonyl (C=O) groups is 1. The van der Waals surface area contributed by atoms with Crippen LogP contribution in [-0.2, 0) is 23.9 Å². The highest BCUT2D eigenvalue weighted by atomic mass is 19.4. The van der Waals surface area contributed by atoms with Crippen LogP contribution in [0.3, 0.4) is 0 Å². The molecule has 8 nitrogen and oxygen atoms in total. The molecule has 2 aromatic rings. The number of aliphatic hydroxyl groups is 1. The molecule has 4 N–H and O–H groups in total. The number of nitrogens with two attached hydrogens (primary N) is 1. The molecule has 0 radical (unpaired) electrons. The van der Waals surface area contributed by atoms with Crippen LogP contribution >= 0.6 is 0 Å². The molecule has 11 heteroatoms. The maximum atomic E-state index is 13.4. The molecular weight excluding hydrogens is 451 g/mol. The van der Waals surface area contributed by atoms with Gasteiger partial charge in [0.05, 0.1) is 17.6 Å². The Bertz CT molecular complexity index is 1080. The lowest BCUT2D eigenvalue weighted by molar-refractivity contribution is -0.139. The van der Waals surface area contributed by atoms with Crippen LogP contribution in [0, 0.1) is 0 Å². The molecule has 4 rings (SSSR count). The molecule has 0 saturated heterocycles. The van der Waals surface area contributed by atoms with E-state index in [1.165, 1.54) is 0 Å². The molecule has 0 atom stereocenters. The molecule has 0 spiro atoms. The number of nitrogens with zero attached hydrogens (tertiary/aromatic N) is 3. The predicted octanol–water partition coefficient (Wildman–Crippen LogP) is 3.15. The Morgan fingerprint density at radius 3 is 2.68 bits per heavy atom. The topological polar surface area (TPSA) is 114 Å². The second-order valence-electron chi connectivity index (χ2n) is 9.72. The van der Waals surface area contributed by atoms with Gasteiger partial charge in [0.1, 0.15) is 12.2 Å². The highest BCUT2D eigenvalue weighted by molar-refractivity contribution is 5.77. The summed E-state index contributed by atoms with van der Waals surface area (Å²) in [7, 11) is 0. The van der Waals surface area contributed by atoms with E-state index in [2.05, 4.69) is 15.3 Å². The van der Waals surface area contributed by atoms with Crippen molar-refractivity contribution in [1.29, 1.82) is 0 Å². The summed E-state index contributed by atoms with van der Waals surface area (Å²) in [6.45, 7) is 4.09. The van der Waals surface area contributed by atoms with Crippen LogP contribution in [-0.4, -0.2) is 50.2 Å². The molecule has 1 aromatic heterocycles. The van der Waals surface area contributed by atoms with E-state index in [1.807, 2.05) is 12.1 Å². The highest BCUT2D eigenvalue weighted by Crippen LogP contribution is 2.38. The van der Waals surface area contributed by atoms with Crippen LogP contribution in [0.1, 0.15) is 49.8 Å². The van der Waals surface area contributed by atoms with E-state index in [-0.39, 0.29) is 24.9 Å². The largest absolute Gasteiger partial charge is 0.475 e. The predicted molar refractivity (Wildman–Crippen MR) is 118 cm³/mol. The number of benzene rings is 1. The zero-order valence-electron chi connectivity index (χ0n) is 19.1. The fourth-order valence-electron chi connectivity index (χ4n) is 3.70. The number of fused-ring (bicyclic) bond motifs is 1. The number of halogens is 3. The maximum absolute atomic E-state index is 13.4. The van der Waals surface area contributed by atoms with Gasteiger partial charge < -0.3 is 25.8 Å². The molecule has 1 aromatic carbocycles. The Kier molecular flexibility index (Phi) is 6.19. The number of aromatic nitrogens is 2. The second-order valence-corrected chi connectivity index (χ2v) is 9.72. The first-order chi connectivity index (χ1) is 15.8. The number of alkyl halides is 3. The summed E-state index contributed by atoms with van der Waals surface area (Å²) in [6, 6.07) is 5.48. The van der Waals surface area contributed by atoms with Crippen molar-refractivity contribution in [3.05, 3.63) is 41.1 Å². The van der Waals surface area contributed by atoms with Crippen LogP contribution < -0.4 is 15.8 Å². The van der Waals surface area contributed by atoms with Crippen LogP contribution in [0.2, 0.25) is 0 Å². The van der Waals surface area contributed by atoms with Gasteiger partial charge >= 0.3 is 6.18 Å².